The SMILES string of the molecule is C=CCOc1c(Cl)cc(/C=C(\C#N)c2ccc(OC)cc2)cc1Cl. The fraction of sp³-hybridized carbons (Fsp3) is 0.105. The van der Waals surface area contributed by atoms with E-state index in [4.69, 9.17) is 32.7 Å². The van der Waals surface area contributed by atoms with Crippen molar-refractivity contribution in [2.45, 2.75) is 0 Å². The van der Waals surface area contributed by atoms with E-state index in [1.807, 2.05) is 12.1 Å². The zero-order chi connectivity index (χ0) is 17.5. The molecule has 0 atom stereocenters. The molecule has 0 saturated carbocycles. The van der Waals surface area contributed by atoms with E-state index in [2.05, 4.69) is 12.6 Å². The van der Waals surface area contributed by atoms with Crippen LogP contribution >= 0.6 is 23.2 Å². The Morgan fingerprint density at radius 3 is 2.33 bits per heavy atom. The highest BCUT2D eigenvalue weighted by atomic mass is 35.5. The minimum Gasteiger partial charge on any atom is -0.497 e. The third-order valence-corrected chi connectivity index (χ3v) is 3.76. The average Bonchev–Trinajstić information content (AvgIpc) is 2.59. The maximum absolute atomic E-state index is 9.43. The van der Waals surface area contributed by atoms with Crippen LogP contribution in [0.4, 0.5) is 0 Å². The van der Waals surface area contributed by atoms with Gasteiger partial charge in [0.1, 0.15) is 12.4 Å². The van der Waals surface area contributed by atoms with E-state index < -0.39 is 0 Å². The van der Waals surface area contributed by atoms with Crippen molar-refractivity contribution in [2.75, 3.05) is 13.7 Å². The van der Waals surface area contributed by atoms with Crippen molar-refractivity contribution in [3.05, 3.63) is 70.2 Å². The molecule has 0 fully saturated rings. The molecule has 0 N–H and O–H groups in total. The number of methoxy groups -OCH3 is 1. The maximum Gasteiger partial charge on any atom is 0.156 e. The molecule has 0 saturated heterocycles. The summed E-state index contributed by atoms with van der Waals surface area (Å²) < 4.78 is 10.6. The number of hydrogen-bond donors (Lipinski definition) is 0. The molecular formula is C19H15Cl2NO2. The lowest BCUT2D eigenvalue weighted by Crippen LogP contribution is -1.95. The summed E-state index contributed by atoms with van der Waals surface area (Å²) in [5.74, 6) is 1.13. The molecular weight excluding hydrogens is 345 g/mol. The largest absolute Gasteiger partial charge is 0.497 e. The molecule has 0 aromatic heterocycles. The normalized spacial score (nSPS) is 10.8. The smallest absolute Gasteiger partial charge is 0.156 e. The molecule has 5 heteroatoms. The van der Waals surface area contributed by atoms with Crippen LogP contribution in [0.5, 0.6) is 11.5 Å². The molecule has 0 bridgehead atoms. The predicted molar refractivity (Wildman–Crippen MR) is 98.6 cm³/mol. The summed E-state index contributed by atoms with van der Waals surface area (Å²) in [5.41, 5.74) is 1.98. The molecule has 3 nitrogen and oxygen atoms in total. The number of hydrogen-bond acceptors (Lipinski definition) is 3. The third-order valence-electron chi connectivity index (χ3n) is 3.20. The molecule has 122 valence electrons. The first-order valence-electron chi connectivity index (χ1n) is 7.08. The monoisotopic (exact) mass is 359 g/mol. The van der Waals surface area contributed by atoms with Gasteiger partial charge in [0.05, 0.1) is 28.8 Å². The van der Waals surface area contributed by atoms with Crippen molar-refractivity contribution in [2.24, 2.45) is 0 Å². The summed E-state index contributed by atoms with van der Waals surface area (Å²) >= 11 is 12.4. The van der Waals surface area contributed by atoms with Gasteiger partial charge in [0, 0.05) is 0 Å². The molecule has 0 aliphatic carbocycles. The second-order valence-corrected chi connectivity index (χ2v) is 5.63. The van der Waals surface area contributed by atoms with Gasteiger partial charge in [-0.3, -0.25) is 0 Å². The van der Waals surface area contributed by atoms with Crippen LogP contribution in [0.25, 0.3) is 11.6 Å². The zero-order valence-electron chi connectivity index (χ0n) is 13.1. The summed E-state index contributed by atoms with van der Waals surface area (Å²) in [5, 5.41) is 10.2. The highest BCUT2D eigenvalue weighted by molar-refractivity contribution is 6.37. The molecule has 2 aromatic rings. The van der Waals surface area contributed by atoms with E-state index in [0.29, 0.717) is 33.5 Å². The van der Waals surface area contributed by atoms with Crippen LogP contribution < -0.4 is 9.47 Å². The van der Waals surface area contributed by atoms with E-state index in [1.165, 1.54) is 0 Å². The van der Waals surface area contributed by atoms with Crippen LogP contribution in [0.3, 0.4) is 0 Å². The molecule has 0 amide bonds. The first kappa shape index (κ1) is 17.9. The lowest BCUT2D eigenvalue weighted by Gasteiger charge is -2.09. The van der Waals surface area contributed by atoms with Crippen molar-refractivity contribution < 1.29 is 9.47 Å². The van der Waals surface area contributed by atoms with Gasteiger partial charge in [-0.25, -0.2) is 0 Å². The number of benzene rings is 2. The van der Waals surface area contributed by atoms with Crippen molar-refractivity contribution in [1.82, 2.24) is 0 Å². The van der Waals surface area contributed by atoms with Gasteiger partial charge in [0.25, 0.3) is 0 Å². The maximum atomic E-state index is 9.43. The van der Waals surface area contributed by atoms with Crippen LogP contribution in [0.2, 0.25) is 10.0 Å². The summed E-state index contributed by atoms with van der Waals surface area (Å²) in [7, 11) is 1.59. The lowest BCUT2D eigenvalue weighted by atomic mass is 10.0. The molecule has 0 aliphatic rings. The highest BCUT2D eigenvalue weighted by Gasteiger charge is 2.10. The molecule has 2 rings (SSSR count). The van der Waals surface area contributed by atoms with Crippen LogP contribution in [0.1, 0.15) is 11.1 Å². The number of rotatable bonds is 6. The molecule has 0 unspecified atom stereocenters. The van der Waals surface area contributed by atoms with Gasteiger partial charge in [0.2, 0.25) is 0 Å². The van der Waals surface area contributed by atoms with E-state index in [0.717, 1.165) is 11.3 Å². The second kappa shape index (κ2) is 8.44. The van der Waals surface area contributed by atoms with Crippen LogP contribution in [0, 0.1) is 11.3 Å². The molecule has 0 aliphatic heterocycles. The Bertz CT molecular complexity index is 782. The van der Waals surface area contributed by atoms with Gasteiger partial charge in [0.15, 0.2) is 5.75 Å². The van der Waals surface area contributed by atoms with Gasteiger partial charge in [-0.15, -0.1) is 0 Å². The minimum absolute atomic E-state index is 0.309. The zero-order valence-corrected chi connectivity index (χ0v) is 14.6. The summed E-state index contributed by atoms with van der Waals surface area (Å²) in [4.78, 5) is 0. The van der Waals surface area contributed by atoms with E-state index in [-0.39, 0.29) is 0 Å². The number of allylic oxidation sites excluding steroid dienone is 1. The number of halogens is 2. The predicted octanol–water partition coefficient (Wildman–Crippen LogP) is 5.63. The Hall–Kier alpha value is -2.41. The number of nitrogens with zero attached hydrogens (tertiary/aromatic N) is 1. The Kier molecular flexibility index (Phi) is 6.31. The van der Waals surface area contributed by atoms with Crippen LogP contribution in [-0.2, 0) is 0 Å². The molecule has 24 heavy (non-hydrogen) atoms. The lowest BCUT2D eigenvalue weighted by molar-refractivity contribution is 0.363. The van der Waals surface area contributed by atoms with E-state index in [1.54, 1.807) is 43.5 Å². The highest BCUT2D eigenvalue weighted by Crippen LogP contribution is 2.35. The fourth-order valence-electron chi connectivity index (χ4n) is 2.06. The summed E-state index contributed by atoms with van der Waals surface area (Å²) in [6.07, 6.45) is 3.33. The standard InChI is InChI=1S/C19H15Cl2NO2/c1-3-8-24-19-17(20)10-13(11-18(19)21)9-15(12-22)14-4-6-16(23-2)7-5-14/h3-7,9-11H,1,8H2,2H3/b15-9+. The molecule has 2 aromatic carbocycles. The van der Waals surface area contributed by atoms with Gasteiger partial charge in [-0.05, 0) is 53.6 Å². The molecule has 0 heterocycles. The van der Waals surface area contributed by atoms with E-state index >= 15 is 0 Å². The first-order valence-corrected chi connectivity index (χ1v) is 7.83. The number of nitriles is 1. The molecule has 0 spiro atoms. The van der Waals surface area contributed by atoms with Crippen LogP contribution in [-0.4, -0.2) is 13.7 Å². The minimum atomic E-state index is 0.309. The Morgan fingerprint density at radius 2 is 1.83 bits per heavy atom. The van der Waals surface area contributed by atoms with Crippen molar-refractivity contribution in [3.8, 4) is 17.6 Å². The second-order valence-electron chi connectivity index (χ2n) is 4.81. The fourth-order valence-corrected chi connectivity index (χ4v) is 2.67. The van der Waals surface area contributed by atoms with Gasteiger partial charge in [-0.1, -0.05) is 35.9 Å². The van der Waals surface area contributed by atoms with Crippen LogP contribution in [0.15, 0.2) is 49.1 Å². The topological polar surface area (TPSA) is 42.2 Å². The summed E-state index contributed by atoms with van der Waals surface area (Å²) in [6.45, 7) is 3.89. The quantitative estimate of drug-likeness (QED) is 0.381. The van der Waals surface area contributed by atoms with Crippen molar-refractivity contribution in [1.29, 1.82) is 5.26 Å². The van der Waals surface area contributed by atoms with Gasteiger partial charge < -0.3 is 9.47 Å². The Morgan fingerprint density at radius 1 is 1.21 bits per heavy atom. The van der Waals surface area contributed by atoms with E-state index in [9.17, 15) is 5.26 Å². The first-order chi connectivity index (χ1) is 11.6. The Balaban J connectivity index is 2.37. The summed E-state index contributed by atoms with van der Waals surface area (Å²) in [6, 6.07) is 12.8. The van der Waals surface area contributed by atoms with Gasteiger partial charge in [-0.2, -0.15) is 5.26 Å². The number of ether oxygens (including phenoxy) is 2. The third kappa shape index (κ3) is 4.32. The van der Waals surface area contributed by atoms with Crippen molar-refractivity contribution in [3.63, 3.8) is 0 Å². The Labute approximate surface area is 151 Å². The van der Waals surface area contributed by atoms with Gasteiger partial charge >= 0.3 is 0 Å². The van der Waals surface area contributed by atoms with Crippen molar-refractivity contribution >= 4 is 34.9 Å². The average molecular weight is 360 g/mol. The molecule has 0 radical (unpaired) electrons.